The summed E-state index contributed by atoms with van der Waals surface area (Å²) < 4.78 is 0. The molecule has 0 aliphatic rings. The summed E-state index contributed by atoms with van der Waals surface area (Å²) in [7, 11) is 0. The third-order valence-corrected chi connectivity index (χ3v) is 3.78. The number of fused-ring (bicyclic) bond motifs is 1. The molecule has 3 nitrogen and oxygen atoms in total. The van der Waals surface area contributed by atoms with Gasteiger partial charge in [0.2, 0.25) is 0 Å². The fraction of sp³-hybridized carbons (Fsp3) is 0.278. The molecule has 108 valence electrons. The first kappa shape index (κ1) is 13.8. The number of H-pyrrole nitrogens is 1. The first-order chi connectivity index (χ1) is 10.4. The Morgan fingerprint density at radius 1 is 1.10 bits per heavy atom. The van der Waals surface area contributed by atoms with Crippen LogP contribution in [0.15, 0.2) is 48.7 Å². The van der Waals surface area contributed by atoms with Crippen LogP contribution < -0.4 is 5.32 Å². The second-order valence-electron chi connectivity index (χ2n) is 5.27. The van der Waals surface area contributed by atoms with E-state index in [9.17, 15) is 0 Å². The van der Waals surface area contributed by atoms with Crippen LogP contribution >= 0.6 is 0 Å². The number of aryl methyl sites for hydroxylation is 1. The van der Waals surface area contributed by atoms with Gasteiger partial charge in [-0.2, -0.15) is 0 Å². The molecule has 3 aromatic rings. The van der Waals surface area contributed by atoms with E-state index >= 15 is 0 Å². The molecule has 2 aromatic carbocycles. The van der Waals surface area contributed by atoms with Crippen LogP contribution in [-0.2, 0) is 19.4 Å². The number of aromatic amines is 1. The molecule has 0 spiro atoms. The van der Waals surface area contributed by atoms with Gasteiger partial charge in [0, 0.05) is 24.9 Å². The summed E-state index contributed by atoms with van der Waals surface area (Å²) in [6, 6.07) is 15.1. The van der Waals surface area contributed by atoms with Crippen LogP contribution in [-0.4, -0.2) is 16.5 Å². The lowest BCUT2D eigenvalue weighted by molar-refractivity contribution is 0.677. The summed E-state index contributed by atoms with van der Waals surface area (Å²) in [6.45, 7) is 3.92. The first-order valence-electron chi connectivity index (χ1n) is 7.57. The summed E-state index contributed by atoms with van der Waals surface area (Å²) in [5.41, 5.74) is 2.56. The van der Waals surface area contributed by atoms with Gasteiger partial charge >= 0.3 is 0 Å². The minimum Gasteiger partial charge on any atom is -0.345 e. The molecule has 1 aromatic heterocycles. The molecule has 0 bridgehead atoms. The Kier molecular flexibility index (Phi) is 4.31. The van der Waals surface area contributed by atoms with Crippen LogP contribution in [0.4, 0.5) is 0 Å². The summed E-state index contributed by atoms with van der Waals surface area (Å²) in [4.78, 5) is 7.63. The quantitative estimate of drug-likeness (QED) is 0.678. The molecule has 3 heteroatoms. The Hall–Kier alpha value is -2.13. The summed E-state index contributed by atoms with van der Waals surface area (Å²) in [6.07, 6.45) is 3.91. The molecule has 0 fully saturated rings. The average Bonchev–Trinajstić information content (AvgIpc) is 3.00. The number of rotatable bonds is 6. The number of aromatic nitrogens is 2. The van der Waals surface area contributed by atoms with Gasteiger partial charge in [0.15, 0.2) is 0 Å². The van der Waals surface area contributed by atoms with E-state index in [1.54, 1.807) is 0 Å². The van der Waals surface area contributed by atoms with Gasteiger partial charge in [-0.15, -0.1) is 0 Å². The fourth-order valence-corrected chi connectivity index (χ4v) is 2.63. The molecular formula is C18H21N3. The highest BCUT2D eigenvalue weighted by Crippen LogP contribution is 2.18. The topological polar surface area (TPSA) is 40.7 Å². The average molecular weight is 279 g/mol. The van der Waals surface area contributed by atoms with Gasteiger partial charge in [-0.05, 0) is 29.3 Å². The number of benzene rings is 2. The Labute approximate surface area is 125 Å². The van der Waals surface area contributed by atoms with E-state index in [0.717, 1.165) is 37.4 Å². The van der Waals surface area contributed by atoms with Gasteiger partial charge in [-0.3, -0.25) is 0 Å². The largest absolute Gasteiger partial charge is 0.345 e. The van der Waals surface area contributed by atoms with Gasteiger partial charge in [-0.1, -0.05) is 49.4 Å². The predicted molar refractivity (Wildman–Crippen MR) is 87.3 cm³/mol. The third-order valence-electron chi connectivity index (χ3n) is 3.78. The lowest BCUT2D eigenvalue weighted by Gasteiger charge is -2.07. The lowest BCUT2D eigenvalue weighted by atomic mass is 10.0. The zero-order chi connectivity index (χ0) is 14.5. The summed E-state index contributed by atoms with van der Waals surface area (Å²) in [5, 5.41) is 6.15. The number of nitrogens with zero attached hydrogens (tertiary/aromatic N) is 1. The van der Waals surface area contributed by atoms with Crippen molar-refractivity contribution in [3.8, 4) is 0 Å². The van der Waals surface area contributed by atoms with Crippen molar-refractivity contribution in [3.05, 3.63) is 65.7 Å². The number of hydrogen-bond donors (Lipinski definition) is 2. The predicted octanol–water partition coefficient (Wildman–Crippen LogP) is 3.46. The van der Waals surface area contributed by atoms with Crippen molar-refractivity contribution < 1.29 is 0 Å². The van der Waals surface area contributed by atoms with Crippen LogP contribution in [0.3, 0.4) is 0 Å². The first-order valence-corrected chi connectivity index (χ1v) is 7.57. The summed E-state index contributed by atoms with van der Waals surface area (Å²) in [5.74, 6) is 1.06. The Morgan fingerprint density at radius 3 is 2.81 bits per heavy atom. The highest BCUT2D eigenvalue weighted by Gasteiger charge is 2.01. The standard InChI is InChI=1S/C18H21N3/c1-2-18-20-13-16(21-18)12-19-11-10-15-8-5-7-14-6-3-4-9-17(14)15/h3-9,13,19H,2,10-12H2,1H3,(H,20,21). The minimum atomic E-state index is 0.845. The molecule has 2 N–H and O–H groups in total. The maximum Gasteiger partial charge on any atom is 0.105 e. The van der Waals surface area contributed by atoms with Crippen molar-refractivity contribution >= 4 is 10.8 Å². The molecule has 0 radical (unpaired) electrons. The molecule has 0 aliphatic carbocycles. The third kappa shape index (κ3) is 3.31. The van der Waals surface area contributed by atoms with E-state index in [1.807, 2.05) is 6.20 Å². The SMILES string of the molecule is CCc1ncc(CNCCc2cccc3ccccc23)[nH]1. The minimum absolute atomic E-state index is 0.845. The van der Waals surface area contributed by atoms with Crippen molar-refractivity contribution in [2.75, 3.05) is 6.54 Å². The fourth-order valence-electron chi connectivity index (χ4n) is 2.63. The van der Waals surface area contributed by atoms with Gasteiger partial charge in [0.05, 0.1) is 0 Å². The van der Waals surface area contributed by atoms with Gasteiger partial charge in [0.1, 0.15) is 5.82 Å². The molecule has 0 aliphatic heterocycles. The molecule has 3 rings (SSSR count). The molecule has 0 saturated heterocycles. The van der Waals surface area contributed by atoms with Crippen molar-refractivity contribution in [1.29, 1.82) is 0 Å². The highest BCUT2D eigenvalue weighted by atomic mass is 15.0. The molecule has 0 unspecified atom stereocenters. The molecule has 21 heavy (non-hydrogen) atoms. The second-order valence-corrected chi connectivity index (χ2v) is 5.27. The summed E-state index contributed by atoms with van der Waals surface area (Å²) >= 11 is 0. The van der Waals surface area contributed by atoms with Crippen molar-refractivity contribution in [1.82, 2.24) is 15.3 Å². The normalized spacial score (nSPS) is 11.1. The molecule has 1 heterocycles. The number of nitrogens with one attached hydrogen (secondary N) is 2. The Bertz CT molecular complexity index is 710. The Balaban J connectivity index is 1.57. The van der Waals surface area contributed by atoms with Gasteiger partial charge in [-0.25, -0.2) is 4.98 Å². The molecular weight excluding hydrogens is 258 g/mol. The van der Waals surface area contributed by atoms with E-state index in [0.29, 0.717) is 0 Å². The zero-order valence-electron chi connectivity index (χ0n) is 12.4. The van der Waals surface area contributed by atoms with E-state index < -0.39 is 0 Å². The second kappa shape index (κ2) is 6.55. The number of hydrogen-bond acceptors (Lipinski definition) is 2. The van der Waals surface area contributed by atoms with Crippen molar-refractivity contribution in [2.45, 2.75) is 26.3 Å². The monoisotopic (exact) mass is 279 g/mol. The van der Waals surface area contributed by atoms with E-state index in [2.05, 4.69) is 64.7 Å². The van der Waals surface area contributed by atoms with Crippen LogP contribution in [0, 0.1) is 0 Å². The zero-order valence-corrected chi connectivity index (χ0v) is 12.4. The maximum atomic E-state index is 4.32. The van der Waals surface area contributed by atoms with Crippen LogP contribution in [0.5, 0.6) is 0 Å². The Morgan fingerprint density at radius 2 is 1.95 bits per heavy atom. The van der Waals surface area contributed by atoms with Crippen LogP contribution in [0.1, 0.15) is 24.0 Å². The van der Waals surface area contributed by atoms with Crippen LogP contribution in [0.25, 0.3) is 10.8 Å². The molecule has 0 amide bonds. The molecule has 0 saturated carbocycles. The maximum absolute atomic E-state index is 4.32. The van der Waals surface area contributed by atoms with Crippen molar-refractivity contribution in [3.63, 3.8) is 0 Å². The lowest BCUT2D eigenvalue weighted by Crippen LogP contribution is -2.17. The highest BCUT2D eigenvalue weighted by molar-refractivity contribution is 5.85. The van der Waals surface area contributed by atoms with Crippen molar-refractivity contribution in [2.24, 2.45) is 0 Å². The smallest absolute Gasteiger partial charge is 0.105 e. The van der Waals surface area contributed by atoms with Gasteiger partial charge in [0.25, 0.3) is 0 Å². The van der Waals surface area contributed by atoms with E-state index in [-0.39, 0.29) is 0 Å². The van der Waals surface area contributed by atoms with Gasteiger partial charge < -0.3 is 10.3 Å². The molecule has 0 atom stereocenters. The van der Waals surface area contributed by atoms with E-state index in [4.69, 9.17) is 0 Å². The number of imidazole rings is 1. The van der Waals surface area contributed by atoms with Crippen LogP contribution in [0.2, 0.25) is 0 Å². The van der Waals surface area contributed by atoms with E-state index in [1.165, 1.54) is 16.3 Å².